The minimum absolute atomic E-state index is 0.150. The Hall–Kier alpha value is -3.41. The van der Waals surface area contributed by atoms with E-state index < -0.39 is 0 Å². The molecule has 1 N–H and O–H groups in total. The number of hydrazone groups is 1. The highest BCUT2D eigenvalue weighted by atomic mass is 16.3. The first-order chi connectivity index (χ1) is 12.2. The second kappa shape index (κ2) is 6.24. The van der Waals surface area contributed by atoms with Gasteiger partial charge in [0.2, 0.25) is 0 Å². The fraction of sp³-hybridized carbons (Fsp3) is 0.105. The molecule has 0 saturated carbocycles. The number of aromatic nitrogens is 2. The molecular formula is C19H16N4O2. The van der Waals surface area contributed by atoms with Crippen molar-refractivity contribution in [3.8, 4) is 0 Å². The molecule has 124 valence electrons. The number of imidazole rings is 1. The molecule has 0 unspecified atom stereocenters. The van der Waals surface area contributed by atoms with Crippen LogP contribution >= 0.6 is 0 Å². The van der Waals surface area contributed by atoms with Gasteiger partial charge in [0.15, 0.2) is 5.76 Å². The van der Waals surface area contributed by atoms with Crippen LogP contribution in [0.3, 0.4) is 0 Å². The average Bonchev–Trinajstić information content (AvgIpc) is 3.24. The molecule has 25 heavy (non-hydrogen) atoms. The van der Waals surface area contributed by atoms with Gasteiger partial charge < -0.3 is 8.98 Å². The molecule has 0 aliphatic rings. The van der Waals surface area contributed by atoms with Crippen molar-refractivity contribution in [2.24, 2.45) is 5.10 Å². The topological polar surface area (TPSA) is 72.4 Å². The van der Waals surface area contributed by atoms with Crippen LogP contribution < -0.4 is 5.43 Å². The highest BCUT2D eigenvalue weighted by Gasteiger charge is 2.09. The number of fused-ring (bicyclic) bond motifs is 2. The van der Waals surface area contributed by atoms with E-state index in [1.165, 1.54) is 0 Å². The normalized spacial score (nSPS) is 12.0. The van der Waals surface area contributed by atoms with Gasteiger partial charge in [-0.3, -0.25) is 4.79 Å². The molecular weight excluding hydrogens is 316 g/mol. The first-order valence-electron chi connectivity index (χ1n) is 7.93. The predicted octanol–water partition coefficient (Wildman–Crippen LogP) is 3.32. The summed E-state index contributed by atoms with van der Waals surface area (Å²) in [6, 6.07) is 17.3. The second-order valence-electron chi connectivity index (χ2n) is 5.74. The van der Waals surface area contributed by atoms with Crippen molar-refractivity contribution in [3.05, 3.63) is 66.7 Å². The van der Waals surface area contributed by atoms with Crippen LogP contribution in [0.4, 0.5) is 0 Å². The molecule has 0 saturated heterocycles. The summed E-state index contributed by atoms with van der Waals surface area (Å²) >= 11 is 0. The molecule has 0 atom stereocenters. The Kier molecular flexibility index (Phi) is 3.78. The maximum absolute atomic E-state index is 12.2. The minimum Gasteiger partial charge on any atom is -0.455 e. The Morgan fingerprint density at radius 1 is 1.20 bits per heavy atom. The SMILES string of the molecule is C/C(=N\NC(=O)Cn1cnc2ccccc21)c1cc2ccccc2o1. The summed E-state index contributed by atoms with van der Waals surface area (Å²) < 4.78 is 7.52. The zero-order valence-corrected chi connectivity index (χ0v) is 13.6. The van der Waals surface area contributed by atoms with Gasteiger partial charge in [0, 0.05) is 5.39 Å². The number of carbonyl (C=O) groups excluding carboxylic acids is 1. The molecule has 0 aliphatic heterocycles. The first-order valence-corrected chi connectivity index (χ1v) is 7.93. The summed E-state index contributed by atoms with van der Waals surface area (Å²) in [4.78, 5) is 16.4. The summed E-state index contributed by atoms with van der Waals surface area (Å²) in [6.45, 7) is 1.95. The summed E-state index contributed by atoms with van der Waals surface area (Å²) in [5, 5.41) is 5.14. The Balaban J connectivity index is 1.47. The number of hydrogen-bond donors (Lipinski definition) is 1. The number of rotatable bonds is 4. The monoisotopic (exact) mass is 332 g/mol. The molecule has 0 aliphatic carbocycles. The van der Waals surface area contributed by atoms with Crippen molar-refractivity contribution in [3.63, 3.8) is 0 Å². The number of carbonyl (C=O) groups is 1. The minimum atomic E-state index is -0.224. The van der Waals surface area contributed by atoms with Gasteiger partial charge in [-0.15, -0.1) is 0 Å². The van der Waals surface area contributed by atoms with E-state index in [9.17, 15) is 4.79 Å². The summed E-state index contributed by atoms with van der Waals surface area (Å²) in [5.74, 6) is 0.410. The van der Waals surface area contributed by atoms with E-state index in [0.717, 1.165) is 22.0 Å². The molecule has 4 rings (SSSR count). The number of furan rings is 1. The van der Waals surface area contributed by atoms with Gasteiger partial charge in [-0.05, 0) is 31.2 Å². The molecule has 6 heteroatoms. The van der Waals surface area contributed by atoms with Gasteiger partial charge in [-0.1, -0.05) is 30.3 Å². The lowest BCUT2D eigenvalue weighted by Crippen LogP contribution is -2.23. The van der Waals surface area contributed by atoms with Crippen LogP contribution in [0.2, 0.25) is 0 Å². The van der Waals surface area contributed by atoms with Crippen LogP contribution in [-0.2, 0) is 11.3 Å². The van der Waals surface area contributed by atoms with Crippen molar-refractivity contribution < 1.29 is 9.21 Å². The third-order valence-corrected chi connectivity index (χ3v) is 3.97. The highest BCUT2D eigenvalue weighted by molar-refractivity contribution is 6.00. The van der Waals surface area contributed by atoms with Crippen LogP contribution in [0.5, 0.6) is 0 Å². The number of hydrogen-bond acceptors (Lipinski definition) is 4. The molecule has 0 fully saturated rings. The van der Waals surface area contributed by atoms with Gasteiger partial charge >= 0.3 is 0 Å². The summed E-state index contributed by atoms with van der Waals surface area (Å²) in [5.41, 5.74) is 5.75. The van der Waals surface area contributed by atoms with Crippen LogP contribution in [0.15, 0.2) is 70.4 Å². The smallest absolute Gasteiger partial charge is 0.260 e. The maximum Gasteiger partial charge on any atom is 0.260 e. The molecule has 6 nitrogen and oxygen atoms in total. The van der Waals surface area contributed by atoms with Crippen molar-refractivity contribution in [1.29, 1.82) is 0 Å². The Labute approximate surface area is 143 Å². The zero-order chi connectivity index (χ0) is 17.2. The molecule has 2 aromatic carbocycles. The lowest BCUT2D eigenvalue weighted by Gasteiger charge is -2.03. The maximum atomic E-state index is 12.2. The van der Waals surface area contributed by atoms with E-state index in [1.807, 2.05) is 54.6 Å². The van der Waals surface area contributed by atoms with E-state index in [2.05, 4.69) is 15.5 Å². The predicted molar refractivity (Wildman–Crippen MR) is 96.3 cm³/mol. The van der Waals surface area contributed by atoms with E-state index in [1.54, 1.807) is 17.8 Å². The second-order valence-corrected chi connectivity index (χ2v) is 5.74. The quantitative estimate of drug-likeness (QED) is 0.460. The lowest BCUT2D eigenvalue weighted by atomic mass is 10.2. The van der Waals surface area contributed by atoms with E-state index in [0.29, 0.717) is 11.5 Å². The number of nitrogens with one attached hydrogen (secondary N) is 1. The standard InChI is InChI=1S/C19H16N4O2/c1-13(18-10-14-6-2-5-9-17(14)25-18)21-22-19(24)11-23-12-20-15-7-3-4-8-16(15)23/h2-10,12H,11H2,1H3,(H,22,24)/b21-13+. The first kappa shape index (κ1) is 15.1. The number of nitrogens with zero attached hydrogens (tertiary/aromatic N) is 3. The third kappa shape index (κ3) is 3.01. The highest BCUT2D eigenvalue weighted by Crippen LogP contribution is 2.19. The van der Waals surface area contributed by atoms with Crippen molar-refractivity contribution in [1.82, 2.24) is 15.0 Å². The van der Waals surface area contributed by atoms with Crippen LogP contribution in [-0.4, -0.2) is 21.2 Å². The number of amides is 1. The van der Waals surface area contributed by atoms with Crippen LogP contribution in [0, 0.1) is 0 Å². The number of para-hydroxylation sites is 3. The Morgan fingerprint density at radius 2 is 2.00 bits per heavy atom. The lowest BCUT2D eigenvalue weighted by molar-refractivity contribution is -0.121. The average molecular weight is 332 g/mol. The zero-order valence-electron chi connectivity index (χ0n) is 13.6. The summed E-state index contributed by atoms with van der Waals surface area (Å²) in [7, 11) is 0. The molecule has 4 aromatic rings. The van der Waals surface area contributed by atoms with Crippen LogP contribution in [0.1, 0.15) is 12.7 Å². The summed E-state index contributed by atoms with van der Waals surface area (Å²) in [6.07, 6.45) is 1.65. The molecule has 1 amide bonds. The van der Waals surface area contributed by atoms with Crippen molar-refractivity contribution in [2.75, 3.05) is 0 Å². The van der Waals surface area contributed by atoms with Gasteiger partial charge in [-0.2, -0.15) is 5.10 Å². The molecule has 0 bridgehead atoms. The molecule has 2 heterocycles. The van der Waals surface area contributed by atoms with Crippen molar-refractivity contribution >= 4 is 33.6 Å². The molecule has 0 radical (unpaired) electrons. The van der Waals surface area contributed by atoms with Gasteiger partial charge in [-0.25, -0.2) is 10.4 Å². The van der Waals surface area contributed by atoms with E-state index >= 15 is 0 Å². The fourth-order valence-electron chi connectivity index (χ4n) is 2.69. The fourth-order valence-corrected chi connectivity index (χ4v) is 2.69. The van der Waals surface area contributed by atoms with Gasteiger partial charge in [0.05, 0.1) is 17.4 Å². The Morgan fingerprint density at radius 3 is 2.88 bits per heavy atom. The largest absolute Gasteiger partial charge is 0.455 e. The third-order valence-electron chi connectivity index (χ3n) is 3.97. The van der Waals surface area contributed by atoms with E-state index in [4.69, 9.17) is 4.42 Å². The van der Waals surface area contributed by atoms with E-state index in [-0.39, 0.29) is 12.5 Å². The van der Waals surface area contributed by atoms with Crippen molar-refractivity contribution in [2.45, 2.75) is 13.5 Å². The van der Waals surface area contributed by atoms with Gasteiger partial charge in [0.1, 0.15) is 17.8 Å². The molecule has 2 aromatic heterocycles. The number of benzene rings is 2. The Bertz CT molecular complexity index is 1060. The molecule has 0 spiro atoms. The van der Waals surface area contributed by atoms with Gasteiger partial charge in [0.25, 0.3) is 5.91 Å². The van der Waals surface area contributed by atoms with Crippen LogP contribution in [0.25, 0.3) is 22.0 Å².